The first-order valence-corrected chi connectivity index (χ1v) is 7.93. The van der Waals surface area contributed by atoms with E-state index in [-0.39, 0.29) is 0 Å². The van der Waals surface area contributed by atoms with Crippen molar-refractivity contribution in [3.63, 3.8) is 0 Å². The summed E-state index contributed by atoms with van der Waals surface area (Å²) in [5.74, 6) is 0. The molecule has 2 heteroatoms. The summed E-state index contributed by atoms with van der Waals surface area (Å²) >= 11 is 0. The quantitative estimate of drug-likeness (QED) is 0.691. The van der Waals surface area contributed by atoms with Gasteiger partial charge in [-0.2, -0.15) is 0 Å². The zero-order valence-corrected chi connectivity index (χ0v) is 10.6. The fourth-order valence-corrected chi connectivity index (χ4v) is 4.32. The monoisotopic (exact) mass is 208 g/mol. The van der Waals surface area contributed by atoms with Gasteiger partial charge in [-0.25, -0.2) is 0 Å². The van der Waals surface area contributed by atoms with Gasteiger partial charge in [0.25, 0.3) is 0 Å². The van der Waals surface area contributed by atoms with Crippen LogP contribution in [0.25, 0.3) is 0 Å². The third kappa shape index (κ3) is 2.69. The van der Waals surface area contributed by atoms with Crippen LogP contribution in [0, 0.1) is 0 Å². The first-order valence-electron chi connectivity index (χ1n) is 5.32. The molecule has 1 rings (SSSR count). The normalized spacial score (nSPS) is 15.5. The maximum absolute atomic E-state index is 6.11. The summed E-state index contributed by atoms with van der Waals surface area (Å²) in [7, 11) is -1.66. The molecule has 78 valence electrons. The van der Waals surface area contributed by atoms with Gasteiger partial charge >= 0.3 is 0 Å². The smallest absolute Gasteiger partial charge is 0.221 e. The summed E-state index contributed by atoms with van der Waals surface area (Å²) in [5, 5.41) is 1.40. The lowest BCUT2D eigenvalue weighted by Crippen LogP contribution is -2.48. The molecule has 0 heterocycles. The van der Waals surface area contributed by atoms with Crippen LogP contribution in [0.2, 0.25) is 12.6 Å². The van der Waals surface area contributed by atoms with Crippen LogP contribution in [0.4, 0.5) is 0 Å². The predicted molar refractivity (Wildman–Crippen MR) is 64.4 cm³/mol. The van der Waals surface area contributed by atoms with Crippen molar-refractivity contribution in [1.82, 2.24) is 0 Å². The van der Waals surface area contributed by atoms with Crippen LogP contribution in [-0.2, 0) is 4.43 Å². The Hall–Kier alpha value is -0.603. The van der Waals surface area contributed by atoms with E-state index >= 15 is 0 Å². The maximum Gasteiger partial charge on any atom is 0.221 e. The van der Waals surface area contributed by atoms with Crippen molar-refractivity contribution >= 4 is 13.5 Å². The largest absolute Gasteiger partial charge is 0.410 e. The predicted octanol–water partition coefficient (Wildman–Crippen LogP) is 2.91. The standard InChI is InChI=1S/C12H20OSi/c1-5-14(4,13-11(2)3)12-9-7-6-8-10-12/h6-11H,5H2,1-4H3. The molecule has 1 unspecified atom stereocenters. The van der Waals surface area contributed by atoms with E-state index in [4.69, 9.17) is 4.43 Å². The second-order valence-corrected chi connectivity index (χ2v) is 8.10. The lowest BCUT2D eigenvalue weighted by atomic mass is 10.4. The Morgan fingerprint density at radius 2 is 1.79 bits per heavy atom. The minimum atomic E-state index is -1.66. The van der Waals surface area contributed by atoms with E-state index in [1.54, 1.807) is 0 Å². The highest BCUT2D eigenvalue weighted by atomic mass is 28.4. The number of benzene rings is 1. The summed E-state index contributed by atoms with van der Waals surface area (Å²) in [6, 6.07) is 11.8. The van der Waals surface area contributed by atoms with Gasteiger partial charge in [0.2, 0.25) is 8.32 Å². The molecule has 0 aliphatic heterocycles. The van der Waals surface area contributed by atoms with Crippen LogP contribution in [0.3, 0.4) is 0 Å². The van der Waals surface area contributed by atoms with Crippen molar-refractivity contribution in [2.45, 2.75) is 39.5 Å². The highest BCUT2D eigenvalue weighted by Crippen LogP contribution is 2.13. The Labute approximate surface area is 88.2 Å². The van der Waals surface area contributed by atoms with Crippen LogP contribution in [-0.4, -0.2) is 14.4 Å². The molecule has 1 aromatic carbocycles. The molecule has 1 aromatic rings. The fraction of sp³-hybridized carbons (Fsp3) is 0.500. The van der Waals surface area contributed by atoms with Gasteiger partial charge in [-0.15, -0.1) is 0 Å². The molecule has 14 heavy (non-hydrogen) atoms. The van der Waals surface area contributed by atoms with Gasteiger partial charge in [-0.05, 0) is 31.6 Å². The van der Waals surface area contributed by atoms with Gasteiger partial charge in [-0.1, -0.05) is 37.3 Å². The van der Waals surface area contributed by atoms with E-state index < -0.39 is 8.32 Å². The Bertz CT molecular complexity index is 271. The zero-order valence-electron chi connectivity index (χ0n) is 9.58. The number of rotatable bonds is 4. The lowest BCUT2D eigenvalue weighted by molar-refractivity contribution is 0.235. The first-order chi connectivity index (χ1) is 6.58. The van der Waals surface area contributed by atoms with E-state index in [1.165, 1.54) is 5.19 Å². The maximum atomic E-state index is 6.11. The SMILES string of the molecule is CC[Si](C)(OC(C)C)c1ccccc1. The molecule has 0 bridgehead atoms. The lowest BCUT2D eigenvalue weighted by Gasteiger charge is -2.28. The van der Waals surface area contributed by atoms with Crippen molar-refractivity contribution < 1.29 is 4.43 Å². The van der Waals surface area contributed by atoms with Crippen LogP contribution >= 0.6 is 0 Å². The zero-order chi connectivity index (χ0) is 10.6. The molecule has 0 saturated heterocycles. The number of hydrogen-bond donors (Lipinski definition) is 0. The molecule has 0 saturated carbocycles. The third-order valence-corrected chi connectivity index (χ3v) is 6.45. The van der Waals surface area contributed by atoms with Crippen LogP contribution in [0.15, 0.2) is 30.3 Å². The van der Waals surface area contributed by atoms with Crippen LogP contribution < -0.4 is 5.19 Å². The molecule has 0 amide bonds. The molecule has 0 aromatic heterocycles. The van der Waals surface area contributed by atoms with E-state index in [2.05, 4.69) is 57.7 Å². The average Bonchev–Trinajstić information content (AvgIpc) is 2.18. The highest BCUT2D eigenvalue weighted by molar-refractivity contribution is 6.85. The van der Waals surface area contributed by atoms with Crippen LogP contribution in [0.1, 0.15) is 20.8 Å². The average molecular weight is 208 g/mol. The molecule has 0 N–H and O–H groups in total. The molecule has 0 aliphatic carbocycles. The third-order valence-electron chi connectivity index (χ3n) is 2.55. The van der Waals surface area contributed by atoms with E-state index in [0.29, 0.717) is 6.10 Å². The molecule has 0 aliphatic rings. The summed E-state index contributed by atoms with van der Waals surface area (Å²) in [5.41, 5.74) is 0. The topological polar surface area (TPSA) is 9.23 Å². The van der Waals surface area contributed by atoms with Crippen molar-refractivity contribution in [3.8, 4) is 0 Å². The molecule has 0 radical (unpaired) electrons. The molecule has 1 nitrogen and oxygen atoms in total. The second-order valence-electron chi connectivity index (χ2n) is 4.12. The van der Waals surface area contributed by atoms with Gasteiger partial charge in [0.1, 0.15) is 0 Å². The van der Waals surface area contributed by atoms with Crippen molar-refractivity contribution in [2.24, 2.45) is 0 Å². The van der Waals surface area contributed by atoms with E-state index in [1.807, 2.05) is 0 Å². The van der Waals surface area contributed by atoms with Gasteiger partial charge in [0.15, 0.2) is 0 Å². The first kappa shape index (κ1) is 11.5. The molecular weight excluding hydrogens is 188 g/mol. The Morgan fingerprint density at radius 3 is 2.21 bits per heavy atom. The van der Waals surface area contributed by atoms with E-state index in [0.717, 1.165) is 6.04 Å². The summed E-state index contributed by atoms with van der Waals surface area (Å²) in [6.07, 6.45) is 0.326. The van der Waals surface area contributed by atoms with Crippen molar-refractivity contribution in [1.29, 1.82) is 0 Å². The summed E-state index contributed by atoms with van der Waals surface area (Å²) in [4.78, 5) is 0. The fourth-order valence-electron chi connectivity index (χ4n) is 1.67. The Balaban J connectivity index is 2.90. The summed E-state index contributed by atoms with van der Waals surface area (Å²) < 4.78 is 6.11. The minimum Gasteiger partial charge on any atom is -0.410 e. The highest BCUT2D eigenvalue weighted by Gasteiger charge is 2.30. The van der Waals surface area contributed by atoms with Crippen molar-refractivity contribution in [2.75, 3.05) is 0 Å². The number of hydrogen-bond acceptors (Lipinski definition) is 1. The van der Waals surface area contributed by atoms with Gasteiger partial charge < -0.3 is 4.43 Å². The molecular formula is C12H20OSi. The van der Waals surface area contributed by atoms with Crippen LogP contribution in [0.5, 0.6) is 0 Å². The van der Waals surface area contributed by atoms with Gasteiger partial charge in [-0.3, -0.25) is 0 Å². The van der Waals surface area contributed by atoms with E-state index in [9.17, 15) is 0 Å². The van der Waals surface area contributed by atoms with Gasteiger partial charge in [0.05, 0.1) is 0 Å². The molecule has 0 fully saturated rings. The Kier molecular flexibility index (Phi) is 3.90. The van der Waals surface area contributed by atoms with Crippen molar-refractivity contribution in [3.05, 3.63) is 30.3 Å². The molecule has 1 atom stereocenters. The summed E-state index contributed by atoms with van der Waals surface area (Å²) in [6.45, 7) is 8.75. The Morgan fingerprint density at radius 1 is 1.21 bits per heavy atom. The minimum absolute atomic E-state index is 0.326. The second kappa shape index (κ2) is 4.76. The van der Waals surface area contributed by atoms with Gasteiger partial charge in [0, 0.05) is 6.10 Å². The molecule has 0 spiro atoms.